The normalized spacial score (nSPS) is 13.6. The van der Waals surface area contributed by atoms with Crippen LogP contribution in [0.1, 0.15) is 24.1 Å². The van der Waals surface area contributed by atoms with Crippen molar-refractivity contribution in [3.63, 3.8) is 0 Å². The van der Waals surface area contributed by atoms with Crippen LogP contribution in [0.2, 0.25) is 5.02 Å². The topological polar surface area (TPSA) is 94.2 Å². The first kappa shape index (κ1) is 25.7. The van der Waals surface area contributed by atoms with Gasteiger partial charge in [-0.2, -0.15) is 0 Å². The molecule has 1 amide bonds. The van der Waals surface area contributed by atoms with Crippen molar-refractivity contribution >= 4 is 33.2 Å². The van der Waals surface area contributed by atoms with Crippen molar-refractivity contribution in [2.24, 2.45) is 0 Å². The number of carbonyl (C=O) groups excluding carboxylic acids is 1. The summed E-state index contributed by atoms with van der Waals surface area (Å²) in [5.74, 6) is 1.16. The van der Waals surface area contributed by atoms with Crippen LogP contribution in [0.4, 0.5) is 5.69 Å². The molecule has 0 bridgehead atoms. The van der Waals surface area contributed by atoms with E-state index in [-0.39, 0.29) is 15.6 Å². The third kappa shape index (κ3) is 5.52. The molecule has 0 spiro atoms. The van der Waals surface area contributed by atoms with Crippen LogP contribution in [-0.2, 0) is 14.8 Å². The summed E-state index contributed by atoms with van der Waals surface area (Å²) >= 11 is 6.28. The molecule has 1 atom stereocenters. The third-order valence-corrected chi connectivity index (χ3v) is 7.85. The van der Waals surface area contributed by atoms with E-state index in [0.29, 0.717) is 30.5 Å². The zero-order valence-corrected chi connectivity index (χ0v) is 21.7. The Bertz CT molecular complexity index is 1360. The van der Waals surface area contributed by atoms with Gasteiger partial charge in [-0.3, -0.25) is 9.10 Å². The average molecular weight is 531 g/mol. The van der Waals surface area contributed by atoms with Crippen molar-refractivity contribution in [3.05, 3.63) is 76.8 Å². The molecule has 3 aromatic rings. The largest absolute Gasteiger partial charge is 0.495 e. The molecule has 0 saturated heterocycles. The third-order valence-electron chi connectivity index (χ3n) is 5.76. The number of sulfonamides is 1. The fourth-order valence-electron chi connectivity index (χ4n) is 3.79. The number of methoxy groups -OCH3 is 1. The monoisotopic (exact) mass is 530 g/mol. The van der Waals surface area contributed by atoms with Crippen molar-refractivity contribution in [1.82, 2.24) is 5.32 Å². The highest BCUT2D eigenvalue weighted by molar-refractivity contribution is 7.92. The summed E-state index contributed by atoms with van der Waals surface area (Å²) in [5, 5.41) is 3.10. The standard InChI is InChI=1S/C26H27ClN2O6S/c1-17-4-8-21(9-5-17)36(31,32)29(20-7-11-23(33-3)22(27)15-20)16-26(30)28-18(2)19-6-10-24-25(14-19)35-13-12-34-24/h4-11,14-15,18H,12-13,16H2,1-3H3,(H,28,30)/t18-/m1/s1. The molecule has 1 N–H and O–H groups in total. The first-order valence-electron chi connectivity index (χ1n) is 11.3. The van der Waals surface area contributed by atoms with Gasteiger partial charge in [-0.15, -0.1) is 0 Å². The molecule has 8 nitrogen and oxygen atoms in total. The van der Waals surface area contributed by atoms with Crippen LogP contribution < -0.4 is 23.8 Å². The molecular formula is C26H27ClN2O6S. The zero-order valence-electron chi connectivity index (χ0n) is 20.2. The molecule has 36 heavy (non-hydrogen) atoms. The minimum Gasteiger partial charge on any atom is -0.495 e. The molecule has 1 heterocycles. The molecule has 10 heteroatoms. The van der Waals surface area contributed by atoms with E-state index in [2.05, 4.69) is 5.32 Å². The summed E-state index contributed by atoms with van der Waals surface area (Å²) in [6.07, 6.45) is 0. The van der Waals surface area contributed by atoms with Crippen molar-refractivity contribution in [3.8, 4) is 17.2 Å². The number of hydrogen-bond donors (Lipinski definition) is 1. The number of nitrogens with zero attached hydrogens (tertiary/aromatic N) is 1. The lowest BCUT2D eigenvalue weighted by Crippen LogP contribution is -2.41. The SMILES string of the molecule is COc1ccc(N(CC(=O)N[C@H](C)c2ccc3c(c2)OCCO3)S(=O)(=O)c2ccc(C)cc2)cc1Cl. The Balaban J connectivity index is 1.60. The summed E-state index contributed by atoms with van der Waals surface area (Å²) in [7, 11) is -2.61. The van der Waals surface area contributed by atoms with E-state index >= 15 is 0 Å². The molecule has 0 fully saturated rings. The minimum absolute atomic E-state index is 0.0627. The Labute approximate surface area is 215 Å². The molecule has 0 aromatic heterocycles. The van der Waals surface area contributed by atoms with Gasteiger partial charge < -0.3 is 19.5 Å². The first-order chi connectivity index (χ1) is 17.2. The van der Waals surface area contributed by atoms with Crippen LogP contribution in [0.5, 0.6) is 17.2 Å². The highest BCUT2D eigenvalue weighted by atomic mass is 35.5. The Morgan fingerprint density at radius 3 is 2.42 bits per heavy atom. The Kier molecular flexibility index (Phi) is 7.61. The van der Waals surface area contributed by atoms with Crippen LogP contribution in [0, 0.1) is 6.92 Å². The number of anilines is 1. The lowest BCUT2D eigenvalue weighted by atomic mass is 10.1. The smallest absolute Gasteiger partial charge is 0.264 e. The van der Waals surface area contributed by atoms with Gasteiger partial charge in [-0.1, -0.05) is 35.4 Å². The zero-order chi connectivity index (χ0) is 25.9. The molecule has 3 aromatic carbocycles. The predicted octanol–water partition coefficient (Wildman–Crippen LogP) is 4.50. The molecule has 0 unspecified atom stereocenters. The van der Waals surface area contributed by atoms with Gasteiger partial charge in [0.15, 0.2) is 11.5 Å². The Hall–Kier alpha value is -3.43. The summed E-state index contributed by atoms with van der Waals surface area (Å²) in [5.41, 5.74) is 1.95. The van der Waals surface area contributed by atoms with E-state index in [1.54, 1.807) is 30.3 Å². The van der Waals surface area contributed by atoms with Crippen LogP contribution in [0.15, 0.2) is 65.6 Å². The maximum atomic E-state index is 13.6. The van der Waals surface area contributed by atoms with E-state index in [9.17, 15) is 13.2 Å². The number of rotatable bonds is 8. The van der Waals surface area contributed by atoms with Gasteiger partial charge in [0.05, 0.1) is 28.8 Å². The second-order valence-electron chi connectivity index (χ2n) is 8.34. The number of benzene rings is 3. The number of fused-ring (bicyclic) bond motifs is 1. The number of aryl methyl sites for hydroxylation is 1. The summed E-state index contributed by atoms with van der Waals surface area (Å²) < 4.78 is 44.6. The summed E-state index contributed by atoms with van der Waals surface area (Å²) in [4.78, 5) is 13.2. The fraction of sp³-hybridized carbons (Fsp3) is 0.269. The quantitative estimate of drug-likeness (QED) is 0.461. The van der Waals surface area contributed by atoms with E-state index < -0.39 is 28.5 Å². The minimum atomic E-state index is -4.08. The van der Waals surface area contributed by atoms with Gasteiger partial charge in [0.2, 0.25) is 5.91 Å². The first-order valence-corrected chi connectivity index (χ1v) is 13.1. The Morgan fingerprint density at radius 2 is 1.75 bits per heavy atom. The molecule has 4 rings (SSSR count). The van der Waals surface area contributed by atoms with Crippen LogP contribution in [0.3, 0.4) is 0 Å². The average Bonchev–Trinajstić information content (AvgIpc) is 2.87. The fourth-order valence-corrected chi connectivity index (χ4v) is 5.46. The van der Waals surface area contributed by atoms with E-state index in [1.807, 2.05) is 26.0 Å². The maximum Gasteiger partial charge on any atom is 0.264 e. The van der Waals surface area contributed by atoms with Crippen molar-refractivity contribution < 1.29 is 27.4 Å². The number of nitrogens with one attached hydrogen (secondary N) is 1. The van der Waals surface area contributed by atoms with Gasteiger partial charge >= 0.3 is 0 Å². The lowest BCUT2D eigenvalue weighted by molar-refractivity contribution is -0.120. The molecule has 0 aliphatic carbocycles. The molecule has 1 aliphatic heterocycles. The van der Waals surface area contributed by atoms with Gasteiger partial charge in [-0.25, -0.2) is 8.42 Å². The van der Waals surface area contributed by atoms with Gasteiger partial charge in [0.1, 0.15) is 25.5 Å². The second-order valence-corrected chi connectivity index (χ2v) is 10.6. The number of carbonyl (C=O) groups is 1. The number of halogens is 1. The van der Waals surface area contributed by atoms with Crippen molar-refractivity contribution in [2.45, 2.75) is 24.8 Å². The summed E-state index contributed by atoms with van der Waals surface area (Å²) in [6.45, 7) is 4.16. The molecule has 190 valence electrons. The maximum absolute atomic E-state index is 13.6. The van der Waals surface area contributed by atoms with Gasteiger partial charge in [0, 0.05) is 0 Å². The van der Waals surface area contributed by atoms with Crippen molar-refractivity contribution in [1.29, 1.82) is 0 Å². The van der Waals surface area contributed by atoms with Crippen LogP contribution in [-0.4, -0.2) is 41.2 Å². The van der Waals surface area contributed by atoms with E-state index in [4.69, 9.17) is 25.8 Å². The number of hydrogen-bond acceptors (Lipinski definition) is 6. The molecule has 0 saturated carbocycles. The molecule has 0 radical (unpaired) electrons. The number of amides is 1. The van der Waals surface area contributed by atoms with Gasteiger partial charge in [-0.05, 0) is 61.9 Å². The Morgan fingerprint density at radius 1 is 1.06 bits per heavy atom. The summed E-state index contributed by atoms with van der Waals surface area (Å²) in [6, 6.07) is 16.0. The van der Waals surface area contributed by atoms with Crippen LogP contribution in [0.25, 0.3) is 0 Å². The van der Waals surface area contributed by atoms with Gasteiger partial charge in [0.25, 0.3) is 10.0 Å². The highest BCUT2D eigenvalue weighted by Gasteiger charge is 2.28. The van der Waals surface area contributed by atoms with Crippen molar-refractivity contribution in [2.75, 3.05) is 31.2 Å². The predicted molar refractivity (Wildman–Crippen MR) is 138 cm³/mol. The van der Waals surface area contributed by atoms with E-state index in [1.165, 1.54) is 25.3 Å². The molecular weight excluding hydrogens is 504 g/mol. The highest BCUT2D eigenvalue weighted by Crippen LogP contribution is 2.34. The molecule has 1 aliphatic rings. The lowest BCUT2D eigenvalue weighted by Gasteiger charge is -2.26. The van der Waals surface area contributed by atoms with Crippen LogP contribution >= 0.6 is 11.6 Å². The second kappa shape index (κ2) is 10.7. The number of ether oxygens (including phenoxy) is 3. The van der Waals surface area contributed by atoms with E-state index in [0.717, 1.165) is 15.4 Å².